The minimum Gasteiger partial charge on any atom is -0.497 e. The average molecular weight is 437 g/mol. The largest absolute Gasteiger partial charge is 0.497 e. The third-order valence-corrected chi connectivity index (χ3v) is 5.31. The summed E-state index contributed by atoms with van der Waals surface area (Å²) in [7, 11) is 3.31. The molecule has 0 fully saturated rings. The number of hydrogen-bond donors (Lipinski definition) is 1. The molecule has 0 amide bonds. The lowest BCUT2D eigenvalue weighted by Crippen LogP contribution is -2.33. The third-order valence-electron chi connectivity index (χ3n) is 4.95. The minimum atomic E-state index is 0.254. The molecule has 6 nitrogen and oxygen atoms in total. The van der Waals surface area contributed by atoms with Crippen LogP contribution in [0.2, 0.25) is 0 Å². The van der Waals surface area contributed by atoms with Crippen molar-refractivity contribution in [3.05, 3.63) is 77.9 Å². The van der Waals surface area contributed by atoms with Gasteiger partial charge in [0.1, 0.15) is 11.5 Å². The van der Waals surface area contributed by atoms with E-state index in [4.69, 9.17) is 31.2 Å². The van der Waals surface area contributed by atoms with Crippen molar-refractivity contribution in [2.45, 2.75) is 13.1 Å². The molecule has 1 N–H and O–H groups in total. The molecule has 1 aliphatic rings. The molecular weight excluding hydrogens is 412 g/mol. The zero-order valence-electron chi connectivity index (χ0n) is 17.5. The van der Waals surface area contributed by atoms with E-state index < -0.39 is 0 Å². The summed E-state index contributed by atoms with van der Waals surface area (Å²) in [4.78, 5) is 2.11. The highest BCUT2D eigenvalue weighted by atomic mass is 32.1. The van der Waals surface area contributed by atoms with Crippen LogP contribution in [0.4, 0.5) is 5.69 Å². The summed E-state index contributed by atoms with van der Waals surface area (Å²) in [6.45, 7) is 1.50. The second kappa shape index (κ2) is 9.57. The van der Waals surface area contributed by atoms with E-state index in [1.54, 1.807) is 14.2 Å². The standard InChI is InChI=1S/C24H24N2O4S/c1-27-20-9-6-17(7-10-20)14-26(15-18-8-11-22-23(12-18)30-16-29-22)24(31)25-19-4-3-5-21(13-19)28-2/h3-13H,14-16H2,1-2H3,(H,25,31). The summed E-state index contributed by atoms with van der Waals surface area (Å²) in [5.74, 6) is 3.12. The summed E-state index contributed by atoms with van der Waals surface area (Å²) >= 11 is 5.78. The van der Waals surface area contributed by atoms with Crippen molar-refractivity contribution < 1.29 is 18.9 Å². The predicted octanol–water partition coefficient (Wildman–Crippen LogP) is 4.83. The van der Waals surface area contributed by atoms with Gasteiger partial charge in [-0.25, -0.2) is 0 Å². The fraction of sp³-hybridized carbons (Fsp3) is 0.208. The lowest BCUT2D eigenvalue weighted by molar-refractivity contribution is 0.174. The summed E-state index contributed by atoms with van der Waals surface area (Å²) in [5.41, 5.74) is 3.07. The number of ether oxygens (including phenoxy) is 4. The zero-order chi connectivity index (χ0) is 21.6. The van der Waals surface area contributed by atoms with Crippen LogP contribution in [-0.4, -0.2) is 31.0 Å². The second-order valence-corrected chi connectivity index (χ2v) is 7.44. The monoisotopic (exact) mass is 436 g/mol. The number of nitrogens with one attached hydrogen (secondary N) is 1. The molecule has 160 valence electrons. The van der Waals surface area contributed by atoms with E-state index in [0.717, 1.165) is 39.8 Å². The van der Waals surface area contributed by atoms with Crippen molar-refractivity contribution >= 4 is 23.0 Å². The Morgan fingerprint density at radius 1 is 0.871 bits per heavy atom. The highest BCUT2D eigenvalue weighted by Crippen LogP contribution is 2.33. The van der Waals surface area contributed by atoms with Crippen LogP contribution in [-0.2, 0) is 13.1 Å². The Bertz CT molecular complexity index is 1060. The van der Waals surface area contributed by atoms with E-state index in [0.29, 0.717) is 18.2 Å². The van der Waals surface area contributed by atoms with E-state index >= 15 is 0 Å². The van der Waals surface area contributed by atoms with Gasteiger partial charge in [0, 0.05) is 24.8 Å². The third kappa shape index (κ3) is 5.19. The Labute approximate surface area is 187 Å². The summed E-state index contributed by atoms with van der Waals surface area (Å²) in [6, 6.07) is 21.6. The molecule has 3 aromatic rings. The van der Waals surface area contributed by atoms with E-state index in [9.17, 15) is 0 Å². The molecule has 1 heterocycles. The maximum Gasteiger partial charge on any atom is 0.231 e. The molecule has 1 aliphatic heterocycles. The zero-order valence-corrected chi connectivity index (χ0v) is 18.3. The van der Waals surface area contributed by atoms with Crippen molar-refractivity contribution in [2.75, 3.05) is 26.3 Å². The highest BCUT2D eigenvalue weighted by molar-refractivity contribution is 7.80. The second-order valence-electron chi connectivity index (χ2n) is 7.05. The summed E-state index contributed by atoms with van der Waals surface area (Å²) < 4.78 is 21.5. The first-order chi connectivity index (χ1) is 15.1. The van der Waals surface area contributed by atoms with Crippen LogP contribution >= 0.6 is 12.2 Å². The van der Waals surface area contributed by atoms with Gasteiger partial charge in [0.15, 0.2) is 16.6 Å². The van der Waals surface area contributed by atoms with Gasteiger partial charge in [-0.05, 0) is 59.7 Å². The maximum atomic E-state index is 5.78. The number of methoxy groups -OCH3 is 2. The van der Waals surface area contributed by atoms with Gasteiger partial charge in [-0.15, -0.1) is 0 Å². The van der Waals surface area contributed by atoms with Crippen molar-refractivity contribution in [3.63, 3.8) is 0 Å². The SMILES string of the molecule is COc1ccc(CN(Cc2ccc3c(c2)OCO3)C(=S)Nc2cccc(OC)c2)cc1. The molecule has 7 heteroatoms. The molecule has 3 aromatic carbocycles. The number of rotatable bonds is 7. The fourth-order valence-electron chi connectivity index (χ4n) is 3.31. The Balaban J connectivity index is 1.55. The number of fused-ring (bicyclic) bond motifs is 1. The minimum absolute atomic E-state index is 0.254. The smallest absolute Gasteiger partial charge is 0.231 e. The fourth-order valence-corrected chi connectivity index (χ4v) is 3.56. The average Bonchev–Trinajstić information content (AvgIpc) is 3.27. The molecule has 4 rings (SSSR count). The van der Waals surface area contributed by atoms with E-state index in [-0.39, 0.29) is 6.79 Å². The molecule has 0 saturated carbocycles. The Morgan fingerprint density at radius 2 is 1.58 bits per heavy atom. The summed E-state index contributed by atoms with van der Waals surface area (Å²) in [6.07, 6.45) is 0. The van der Waals surface area contributed by atoms with Gasteiger partial charge in [0.05, 0.1) is 14.2 Å². The van der Waals surface area contributed by atoms with Crippen LogP contribution in [0.5, 0.6) is 23.0 Å². The lowest BCUT2D eigenvalue weighted by atomic mass is 10.1. The van der Waals surface area contributed by atoms with Gasteiger partial charge in [-0.2, -0.15) is 0 Å². The Kier molecular flexibility index (Phi) is 6.43. The molecule has 0 unspecified atom stereocenters. The molecular formula is C24H24N2O4S. The van der Waals surface area contributed by atoms with E-state index in [1.165, 1.54) is 0 Å². The van der Waals surface area contributed by atoms with E-state index in [2.05, 4.69) is 10.2 Å². The maximum absolute atomic E-state index is 5.78. The quantitative estimate of drug-likeness (QED) is 0.532. The number of hydrogen-bond acceptors (Lipinski definition) is 5. The van der Waals surface area contributed by atoms with Crippen LogP contribution in [0.25, 0.3) is 0 Å². The van der Waals surface area contributed by atoms with Gasteiger partial charge in [-0.3, -0.25) is 0 Å². The molecule has 31 heavy (non-hydrogen) atoms. The Morgan fingerprint density at radius 3 is 2.35 bits per heavy atom. The van der Waals surface area contributed by atoms with Crippen LogP contribution in [0.1, 0.15) is 11.1 Å². The molecule has 0 atom stereocenters. The number of thiocarbonyl (C=S) groups is 1. The highest BCUT2D eigenvalue weighted by Gasteiger charge is 2.17. The molecule has 0 bridgehead atoms. The van der Waals surface area contributed by atoms with Crippen LogP contribution in [0.3, 0.4) is 0 Å². The van der Waals surface area contributed by atoms with Gasteiger partial charge in [0.2, 0.25) is 6.79 Å². The Hall–Kier alpha value is -3.45. The van der Waals surface area contributed by atoms with Gasteiger partial charge in [-0.1, -0.05) is 24.3 Å². The van der Waals surface area contributed by atoms with Gasteiger partial charge >= 0.3 is 0 Å². The molecule has 0 aromatic heterocycles. The first kappa shape index (κ1) is 20.8. The van der Waals surface area contributed by atoms with Crippen molar-refractivity contribution in [3.8, 4) is 23.0 Å². The molecule has 0 saturated heterocycles. The predicted molar refractivity (Wildman–Crippen MR) is 124 cm³/mol. The van der Waals surface area contributed by atoms with Gasteiger partial charge in [0.25, 0.3) is 0 Å². The van der Waals surface area contributed by atoms with Crippen LogP contribution in [0.15, 0.2) is 66.7 Å². The van der Waals surface area contributed by atoms with Crippen LogP contribution < -0.4 is 24.3 Å². The van der Waals surface area contributed by atoms with Gasteiger partial charge < -0.3 is 29.2 Å². The topological polar surface area (TPSA) is 52.2 Å². The van der Waals surface area contributed by atoms with Crippen molar-refractivity contribution in [1.29, 1.82) is 0 Å². The number of anilines is 1. The molecule has 0 aliphatic carbocycles. The van der Waals surface area contributed by atoms with Crippen molar-refractivity contribution in [2.24, 2.45) is 0 Å². The number of benzene rings is 3. The molecule has 0 spiro atoms. The number of nitrogens with zero attached hydrogens (tertiary/aromatic N) is 1. The molecule has 0 radical (unpaired) electrons. The lowest BCUT2D eigenvalue weighted by Gasteiger charge is -2.26. The first-order valence-electron chi connectivity index (χ1n) is 9.86. The normalized spacial score (nSPS) is 11.7. The van der Waals surface area contributed by atoms with Crippen molar-refractivity contribution in [1.82, 2.24) is 4.90 Å². The summed E-state index contributed by atoms with van der Waals surface area (Å²) in [5, 5.41) is 3.94. The first-order valence-corrected chi connectivity index (χ1v) is 10.3. The van der Waals surface area contributed by atoms with Crippen LogP contribution in [0, 0.1) is 0 Å². The van der Waals surface area contributed by atoms with E-state index in [1.807, 2.05) is 66.7 Å².